The van der Waals surface area contributed by atoms with Crippen LogP contribution in [0, 0.1) is 0 Å². The fourth-order valence-corrected chi connectivity index (χ4v) is 3.33. The summed E-state index contributed by atoms with van der Waals surface area (Å²) in [6, 6.07) is 8.99. The Morgan fingerprint density at radius 2 is 1.83 bits per heavy atom. The molecule has 0 spiro atoms. The van der Waals surface area contributed by atoms with E-state index >= 15 is 0 Å². The van der Waals surface area contributed by atoms with Crippen molar-refractivity contribution in [3.63, 3.8) is 0 Å². The van der Waals surface area contributed by atoms with E-state index in [1.807, 2.05) is 17.0 Å². The van der Waals surface area contributed by atoms with Gasteiger partial charge in [0.15, 0.2) is 0 Å². The zero-order chi connectivity index (χ0) is 21.3. The summed E-state index contributed by atoms with van der Waals surface area (Å²) in [5, 5.41) is 3.88. The van der Waals surface area contributed by atoms with Crippen LogP contribution in [0.5, 0.6) is 5.75 Å². The lowest BCUT2D eigenvalue weighted by Crippen LogP contribution is -2.48. The van der Waals surface area contributed by atoms with E-state index in [1.54, 1.807) is 30.6 Å². The average Bonchev–Trinajstić information content (AvgIpc) is 2.76. The molecule has 2 aromatic rings. The molecule has 2 heterocycles. The zero-order valence-corrected chi connectivity index (χ0v) is 17.3. The number of ether oxygens (including phenoxy) is 1. The molecule has 9 nitrogen and oxygen atoms in total. The maximum Gasteiger partial charge on any atom is 0.254 e. The van der Waals surface area contributed by atoms with Crippen molar-refractivity contribution in [1.82, 2.24) is 9.88 Å². The standard InChI is InChI=1S/C20H25ClN6O3/c21-16-12-15(13-18(14-16)29-10-1-11-30-25-20(22)23)19(28)27-8-6-26(7-9-27)17-2-4-24-5-3-17/h2-5,12-14H,1,6-11H2,(H4,22,23,25). The van der Waals surface area contributed by atoms with Gasteiger partial charge in [-0.25, -0.2) is 0 Å². The molecular weight excluding hydrogens is 408 g/mol. The Morgan fingerprint density at radius 3 is 2.53 bits per heavy atom. The lowest BCUT2D eigenvalue weighted by molar-refractivity contribution is 0.0746. The number of rotatable bonds is 8. The number of hydrogen-bond donors (Lipinski definition) is 2. The van der Waals surface area contributed by atoms with E-state index in [0.717, 1.165) is 18.8 Å². The number of benzene rings is 1. The van der Waals surface area contributed by atoms with Crippen molar-refractivity contribution in [3.05, 3.63) is 53.3 Å². The summed E-state index contributed by atoms with van der Waals surface area (Å²) in [5.74, 6) is 0.339. The summed E-state index contributed by atoms with van der Waals surface area (Å²) in [7, 11) is 0. The maximum atomic E-state index is 13.0. The molecule has 0 atom stereocenters. The number of nitrogens with zero attached hydrogens (tertiary/aromatic N) is 4. The van der Waals surface area contributed by atoms with Crippen LogP contribution in [0.3, 0.4) is 0 Å². The molecule has 1 aliphatic rings. The monoisotopic (exact) mass is 432 g/mol. The molecule has 1 saturated heterocycles. The van der Waals surface area contributed by atoms with Crippen molar-refractivity contribution in [3.8, 4) is 5.75 Å². The Morgan fingerprint density at radius 1 is 1.10 bits per heavy atom. The van der Waals surface area contributed by atoms with Gasteiger partial charge in [0.25, 0.3) is 5.91 Å². The van der Waals surface area contributed by atoms with Gasteiger partial charge >= 0.3 is 0 Å². The number of halogens is 1. The van der Waals surface area contributed by atoms with Crippen molar-refractivity contribution in [1.29, 1.82) is 0 Å². The number of guanidine groups is 1. The Hall–Kier alpha value is -3.20. The molecule has 0 unspecified atom stereocenters. The van der Waals surface area contributed by atoms with Crippen molar-refractivity contribution in [2.75, 3.05) is 44.3 Å². The quantitative estimate of drug-likeness (QED) is 0.282. The van der Waals surface area contributed by atoms with Gasteiger partial charge in [0, 0.05) is 61.3 Å². The third-order valence-corrected chi connectivity index (χ3v) is 4.75. The summed E-state index contributed by atoms with van der Waals surface area (Å²) in [5.41, 5.74) is 12.0. The highest BCUT2D eigenvalue weighted by atomic mass is 35.5. The lowest BCUT2D eigenvalue weighted by Gasteiger charge is -2.36. The number of hydrogen-bond acceptors (Lipinski definition) is 6. The van der Waals surface area contributed by atoms with Gasteiger partial charge in [0.1, 0.15) is 12.4 Å². The summed E-state index contributed by atoms with van der Waals surface area (Å²) in [6.45, 7) is 3.47. The molecule has 0 radical (unpaired) electrons. The first-order chi connectivity index (χ1) is 14.5. The first-order valence-electron chi connectivity index (χ1n) is 9.61. The Kier molecular flexibility index (Phi) is 7.56. The molecule has 1 aliphatic heterocycles. The van der Waals surface area contributed by atoms with Crippen molar-refractivity contribution < 1.29 is 14.4 Å². The van der Waals surface area contributed by atoms with E-state index in [4.69, 9.17) is 32.6 Å². The van der Waals surface area contributed by atoms with Crippen molar-refractivity contribution in [2.24, 2.45) is 16.6 Å². The van der Waals surface area contributed by atoms with Gasteiger partial charge in [0.05, 0.1) is 6.61 Å². The molecule has 1 amide bonds. The smallest absolute Gasteiger partial charge is 0.254 e. The van der Waals surface area contributed by atoms with Gasteiger partial charge in [-0.1, -0.05) is 11.6 Å². The van der Waals surface area contributed by atoms with Crippen LogP contribution in [0.25, 0.3) is 0 Å². The average molecular weight is 433 g/mol. The summed E-state index contributed by atoms with van der Waals surface area (Å²) >= 11 is 6.20. The number of carbonyl (C=O) groups excluding carboxylic acids is 1. The van der Waals surface area contributed by atoms with Crippen LogP contribution in [-0.2, 0) is 4.84 Å². The van der Waals surface area contributed by atoms with Gasteiger partial charge < -0.3 is 30.8 Å². The molecule has 10 heteroatoms. The SMILES string of the molecule is NC(N)=NOCCCOc1cc(Cl)cc(C(=O)N2CCN(c3ccncc3)CC2)c1. The summed E-state index contributed by atoms with van der Waals surface area (Å²) in [6.07, 6.45) is 4.12. The fraction of sp³-hybridized carbons (Fsp3) is 0.350. The minimum Gasteiger partial charge on any atom is -0.493 e. The fourth-order valence-electron chi connectivity index (χ4n) is 3.11. The Labute approximate surface area is 180 Å². The summed E-state index contributed by atoms with van der Waals surface area (Å²) < 4.78 is 5.69. The number of nitrogens with two attached hydrogens (primary N) is 2. The predicted molar refractivity (Wildman–Crippen MR) is 116 cm³/mol. The van der Waals surface area contributed by atoms with E-state index in [0.29, 0.717) is 49.1 Å². The van der Waals surface area contributed by atoms with Crippen LogP contribution in [0.4, 0.5) is 5.69 Å². The van der Waals surface area contributed by atoms with Crippen molar-refractivity contribution in [2.45, 2.75) is 6.42 Å². The van der Waals surface area contributed by atoms with E-state index in [-0.39, 0.29) is 11.9 Å². The molecular formula is C20H25ClN6O3. The number of amides is 1. The lowest BCUT2D eigenvalue weighted by atomic mass is 10.1. The highest BCUT2D eigenvalue weighted by Crippen LogP contribution is 2.23. The van der Waals surface area contributed by atoms with Gasteiger partial charge in [-0.2, -0.15) is 0 Å². The molecule has 30 heavy (non-hydrogen) atoms. The third-order valence-electron chi connectivity index (χ3n) is 4.53. The molecule has 4 N–H and O–H groups in total. The van der Waals surface area contributed by atoms with E-state index < -0.39 is 0 Å². The highest BCUT2D eigenvalue weighted by molar-refractivity contribution is 6.31. The summed E-state index contributed by atoms with van der Waals surface area (Å²) in [4.78, 5) is 26.0. The van der Waals surface area contributed by atoms with Crippen molar-refractivity contribution >= 4 is 29.2 Å². The number of pyridine rings is 1. The molecule has 0 bridgehead atoms. The van der Waals surface area contributed by atoms with Crippen LogP contribution in [0.2, 0.25) is 5.02 Å². The van der Waals surface area contributed by atoms with E-state index in [2.05, 4.69) is 15.0 Å². The highest BCUT2D eigenvalue weighted by Gasteiger charge is 2.23. The molecule has 1 aromatic carbocycles. The number of piperazine rings is 1. The topological polar surface area (TPSA) is 119 Å². The van der Waals surface area contributed by atoms with Gasteiger partial charge in [-0.3, -0.25) is 9.78 Å². The predicted octanol–water partition coefficient (Wildman–Crippen LogP) is 1.67. The molecule has 3 rings (SSSR count). The largest absolute Gasteiger partial charge is 0.493 e. The Bertz CT molecular complexity index is 868. The second-order valence-corrected chi connectivity index (χ2v) is 7.15. The minimum absolute atomic E-state index is 0.0622. The Balaban J connectivity index is 1.53. The van der Waals surface area contributed by atoms with Crippen LogP contribution >= 0.6 is 11.6 Å². The number of aromatic nitrogens is 1. The molecule has 1 fully saturated rings. The molecule has 0 aliphatic carbocycles. The second-order valence-electron chi connectivity index (χ2n) is 6.71. The van der Waals surface area contributed by atoms with Gasteiger partial charge in [0.2, 0.25) is 5.96 Å². The number of oxime groups is 1. The molecule has 160 valence electrons. The third kappa shape index (κ3) is 6.15. The normalized spacial score (nSPS) is 13.6. The van der Waals surface area contributed by atoms with Crippen LogP contribution in [-0.4, -0.2) is 61.1 Å². The van der Waals surface area contributed by atoms with Gasteiger partial charge in [-0.15, -0.1) is 0 Å². The van der Waals surface area contributed by atoms with Gasteiger partial charge in [-0.05, 0) is 35.5 Å². The number of anilines is 1. The zero-order valence-electron chi connectivity index (χ0n) is 16.5. The number of carbonyl (C=O) groups is 1. The minimum atomic E-state index is -0.129. The maximum absolute atomic E-state index is 13.0. The second kappa shape index (κ2) is 10.5. The molecule has 1 aromatic heterocycles. The van der Waals surface area contributed by atoms with E-state index in [9.17, 15) is 4.79 Å². The first-order valence-corrected chi connectivity index (χ1v) is 9.99. The van der Waals surface area contributed by atoms with Crippen LogP contribution < -0.4 is 21.1 Å². The molecule has 0 saturated carbocycles. The van der Waals surface area contributed by atoms with E-state index in [1.165, 1.54) is 0 Å². The first kappa shape index (κ1) is 21.5. The van der Waals surface area contributed by atoms with Crippen LogP contribution in [0.1, 0.15) is 16.8 Å². The van der Waals surface area contributed by atoms with Crippen LogP contribution in [0.15, 0.2) is 47.9 Å².